The summed E-state index contributed by atoms with van der Waals surface area (Å²) in [5.74, 6) is -0.951. The third-order valence-corrected chi connectivity index (χ3v) is 7.26. The van der Waals surface area contributed by atoms with Crippen LogP contribution in [0, 0.1) is 6.57 Å². The molecule has 0 spiro atoms. The molecule has 10 nitrogen and oxygen atoms in total. The first-order chi connectivity index (χ1) is 22.6. The Morgan fingerprint density at radius 3 is 1.64 bits per heavy atom. The van der Waals surface area contributed by atoms with Crippen molar-refractivity contribution >= 4 is 24.1 Å². The molecule has 262 valence electrons. The number of aliphatic carboxylic acids is 1. The number of hydrogen-bond acceptors (Lipinski definition) is 6. The zero-order valence-electron chi connectivity index (χ0n) is 29.1. The Bertz CT molecular complexity index is 1110. The van der Waals surface area contributed by atoms with E-state index < -0.39 is 12.0 Å². The van der Waals surface area contributed by atoms with Gasteiger partial charge in [0.2, 0.25) is 11.8 Å². The summed E-state index contributed by atoms with van der Waals surface area (Å²) in [6.07, 6.45) is 12.9. The maximum atomic E-state index is 12.4. The molecule has 2 fully saturated rings. The number of carbonyl (C=O) groups is 4. The summed E-state index contributed by atoms with van der Waals surface area (Å²) in [6.45, 7) is 12.1. The number of nitrogens with one attached hydrogen (secondary N) is 1. The fourth-order valence-electron chi connectivity index (χ4n) is 4.86. The smallest absolute Gasteiger partial charge is 0.300 e. The zero-order chi connectivity index (χ0) is 35.9. The van der Waals surface area contributed by atoms with Crippen LogP contribution in [-0.4, -0.2) is 64.4 Å². The molecule has 0 heterocycles. The number of benzene rings is 2. The minimum absolute atomic E-state index is 0.0435. The Morgan fingerprint density at radius 1 is 0.894 bits per heavy atom. The molecule has 2 aromatic carbocycles. The Labute approximate surface area is 282 Å². The monoisotopic (exact) mass is 655 g/mol. The lowest BCUT2D eigenvalue weighted by Gasteiger charge is -2.30. The SMILES string of the molecule is C#[N+]C1CCCCC1.CC(=O)N(Cc1ccccc1)C(C)C(=O)NC1CCCCC1.CC(=O)O.CC=O.CO.NCc1ccccc1. The first-order valence-corrected chi connectivity index (χ1v) is 16.4. The number of carboxylic acids is 1. The van der Waals surface area contributed by atoms with Gasteiger partial charge in [-0.3, -0.25) is 14.4 Å². The van der Waals surface area contributed by atoms with Crippen molar-refractivity contribution < 1.29 is 29.4 Å². The first-order valence-electron chi connectivity index (χ1n) is 16.4. The molecule has 1 atom stereocenters. The van der Waals surface area contributed by atoms with E-state index in [1.165, 1.54) is 70.8 Å². The highest BCUT2D eigenvalue weighted by molar-refractivity contribution is 5.86. The average Bonchev–Trinajstić information content (AvgIpc) is 3.10. The quantitative estimate of drug-likeness (QED) is 0.270. The highest BCUT2D eigenvalue weighted by Gasteiger charge is 2.26. The molecule has 2 saturated carbocycles. The van der Waals surface area contributed by atoms with Gasteiger partial charge >= 0.3 is 0 Å². The Balaban J connectivity index is 0. The number of rotatable bonds is 6. The van der Waals surface area contributed by atoms with Crippen LogP contribution in [0.3, 0.4) is 0 Å². The first kappa shape index (κ1) is 45.1. The molecular weight excluding hydrogens is 596 g/mol. The summed E-state index contributed by atoms with van der Waals surface area (Å²) in [4.78, 5) is 47.6. The van der Waals surface area contributed by atoms with Gasteiger partial charge in [-0.25, -0.2) is 0 Å². The van der Waals surface area contributed by atoms with Crippen LogP contribution < -0.4 is 11.1 Å². The van der Waals surface area contributed by atoms with Gasteiger partial charge in [-0.15, -0.1) is 0 Å². The molecule has 0 radical (unpaired) electrons. The summed E-state index contributed by atoms with van der Waals surface area (Å²) in [7, 11) is 1.00. The van der Waals surface area contributed by atoms with Gasteiger partial charge in [0, 0.05) is 52.9 Å². The maximum Gasteiger partial charge on any atom is 0.300 e. The highest BCUT2D eigenvalue weighted by atomic mass is 16.4. The van der Waals surface area contributed by atoms with Crippen LogP contribution in [0.25, 0.3) is 4.85 Å². The number of nitrogens with zero attached hydrogens (tertiary/aromatic N) is 2. The normalized spacial score (nSPS) is 14.2. The van der Waals surface area contributed by atoms with Crippen LogP contribution in [-0.2, 0) is 32.3 Å². The molecule has 4 rings (SSSR count). The number of aldehydes is 1. The number of nitrogens with two attached hydrogens (primary N) is 1. The summed E-state index contributed by atoms with van der Waals surface area (Å²) >= 11 is 0. The second-order valence-corrected chi connectivity index (χ2v) is 11.0. The number of carbonyl (C=O) groups excluding carboxylic acids is 3. The van der Waals surface area contributed by atoms with E-state index in [4.69, 9.17) is 32.1 Å². The van der Waals surface area contributed by atoms with Gasteiger partial charge in [-0.1, -0.05) is 91.2 Å². The van der Waals surface area contributed by atoms with E-state index in [9.17, 15) is 9.59 Å². The van der Waals surface area contributed by atoms with Gasteiger partial charge in [0.1, 0.15) is 12.3 Å². The fourth-order valence-corrected chi connectivity index (χ4v) is 4.86. The number of amides is 2. The van der Waals surface area contributed by atoms with E-state index in [0.29, 0.717) is 19.1 Å². The predicted molar refractivity (Wildman–Crippen MR) is 190 cm³/mol. The molecular formula is C37H59N4O6+. The van der Waals surface area contributed by atoms with Crippen molar-refractivity contribution in [3.63, 3.8) is 0 Å². The summed E-state index contributed by atoms with van der Waals surface area (Å²) in [6, 6.07) is 20.1. The van der Waals surface area contributed by atoms with Crippen molar-refractivity contribution in [1.82, 2.24) is 10.2 Å². The lowest BCUT2D eigenvalue weighted by atomic mass is 9.95. The van der Waals surface area contributed by atoms with Crippen LogP contribution in [0.4, 0.5) is 0 Å². The molecule has 47 heavy (non-hydrogen) atoms. The van der Waals surface area contributed by atoms with Crippen molar-refractivity contribution in [2.24, 2.45) is 5.73 Å². The van der Waals surface area contributed by atoms with E-state index in [2.05, 4.69) is 10.2 Å². The molecule has 2 amide bonds. The zero-order valence-corrected chi connectivity index (χ0v) is 29.1. The molecule has 2 aliphatic rings. The summed E-state index contributed by atoms with van der Waals surface area (Å²) in [5, 5.41) is 17.5. The Hall–Kier alpha value is -4.07. The lowest BCUT2D eigenvalue weighted by molar-refractivity contribution is -0.139. The average molecular weight is 656 g/mol. The van der Waals surface area contributed by atoms with E-state index in [-0.39, 0.29) is 17.9 Å². The van der Waals surface area contributed by atoms with E-state index >= 15 is 0 Å². The van der Waals surface area contributed by atoms with E-state index in [0.717, 1.165) is 38.7 Å². The predicted octanol–water partition coefficient (Wildman–Crippen LogP) is 6.20. The maximum absolute atomic E-state index is 12.4. The molecule has 0 saturated heterocycles. The molecule has 5 N–H and O–H groups in total. The molecule has 2 aliphatic carbocycles. The third-order valence-electron chi connectivity index (χ3n) is 7.26. The fraction of sp³-hybridized carbons (Fsp3) is 0.541. The molecule has 2 aromatic rings. The molecule has 0 aliphatic heterocycles. The number of hydrogen-bond donors (Lipinski definition) is 4. The van der Waals surface area contributed by atoms with Crippen LogP contribution in [0.2, 0.25) is 0 Å². The van der Waals surface area contributed by atoms with Gasteiger partial charge in [0.05, 0.1) is 0 Å². The Morgan fingerprint density at radius 2 is 1.30 bits per heavy atom. The van der Waals surface area contributed by atoms with Crippen molar-refractivity contribution in [3.8, 4) is 6.57 Å². The van der Waals surface area contributed by atoms with E-state index in [1.54, 1.807) is 4.90 Å². The topological polar surface area (TPSA) is 154 Å². The van der Waals surface area contributed by atoms with Crippen molar-refractivity contribution in [3.05, 3.63) is 76.6 Å². The van der Waals surface area contributed by atoms with Crippen molar-refractivity contribution in [1.29, 1.82) is 0 Å². The molecule has 10 heteroatoms. The minimum atomic E-state index is -0.833. The molecule has 0 bridgehead atoms. The van der Waals surface area contributed by atoms with Gasteiger partial charge < -0.3 is 31.0 Å². The number of aliphatic hydroxyl groups excluding tert-OH is 1. The van der Waals surface area contributed by atoms with Gasteiger partial charge in [-0.05, 0) is 50.7 Å². The number of aliphatic hydroxyl groups is 1. The van der Waals surface area contributed by atoms with Crippen LogP contribution in [0.15, 0.2) is 60.7 Å². The van der Waals surface area contributed by atoms with Gasteiger partial charge in [0.25, 0.3) is 18.6 Å². The summed E-state index contributed by atoms with van der Waals surface area (Å²) in [5.41, 5.74) is 7.57. The summed E-state index contributed by atoms with van der Waals surface area (Å²) < 4.78 is 0. The van der Waals surface area contributed by atoms with Crippen molar-refractivity contribution in [2.45, 2.75) is 123 Å². The molecule has 1 unspecified atom stereocenters. The number of carboxylic acid groups (broad SMARTS) is 1. The van der Waals surface area contributed by atoms with Gasteiger partial charge in [-0.2, -0.15) is 0 Å². The second-order valence-electron chi connectivity index (χ2n) is 11.0. The van der Waals surface area contributed by atoms with Crippen LogP contribution in [0.1, 0.15) is 103 Å². The van der Waals surface area contributed by atoms with E-state index in [1.807, 2.05) is 67.6 Å². The largest absolute Gasteiger partial charge is 0.481 e. The second kappa shape index (κ2) is 30.6. The highest BCUT2D eigenvalue weighted by Crippen LogP contribution is 2.20. The van der Waals surface area contributed by atoms with Crippen LogP contribution >= 0.6 is 0 Å². The van der Waals surface area contributed by atoms with Crippen LogP contribution in [0.5, 0.6) is 0 Å². The van der Waals surface area contributed by atoms with Crippen molar-refractivity contribution in [2.75, 3.05) is 7.11 Å². The Kier molecular flexibility index (Phi) is 29.3. The molecule has 0 aromatic heterocycles. The van der Waals surface area contributed by atoms with Gasteiger partial charge in [0.15, 0.2) is 0 Å². The standard InChI is InChI=1S/C18H26N2O2.C7H12N.C7H9N.C2H4O2.C2H4O.CH4O/c1-14(18(22)19-17-11-7-4-8-12-17)20(15(2)21)13-16-9-5-3-6-10-16;1-8-7-5-3-2-4-6-7;8-6-7-4-2-1-3-5-7;1-2(3)4;1-2-3;1-2/h3,5-6,9-10,14,17H,4,7-8,11-13H2,1-2H3,(H,19,22);1,7H,2-6H2;1-5H,6,8H2;1H3,(H,3,4);2H,1H3;2H,1H3/q;+1;;;;. The minimum Gasteiger partial charge on any atom is -0.481 e. The third kappa shape index (κ3) is 24.8. The lowest BCUT2D eigenvalue weighted by Crippen LogP contribution is -2.49.